The van der Waals surface area contributed by atoms with Gasteiger partial charge in [0, 0.05) is 36.7 Å². The molecule has 2 unspecified atom stereocenters. The van der Waals surface area contributed by atoms with Crippen molar-refractivity contribution >= 4 is 5.78 Å². The Morgan fingerprint density at radius 2 is 1.85 bits per heavy atom. The number of ether oxygens (including phenoxy) is 3. The molecule has 0 aromatic heterocycles. The number of hydrogen-bond donors (Lipinski definition) is 1. The summed E-state index contributed by atoms with van der Waals surface area (Å²) >= 11 is 0. The van der Waals surface area contributed by atoms with Crippen molar-refractivity contribution in [3.63, 3.8) is 0 Å². The highest BCUT2D eigenvalue weighted by molar-refractivity contribution is 5.84. The number of aliphatic hydroxyl groups is 1. The van der Waals surface area contributed by atoms with Gasteiger partial charge < -0.3 is 19.3 Å². The van der Waals surface area contributed by atoms with Gasteiger partial charge in [0.05, 0.1) is 19.8 Å². The standard InChI is InChI=1S/C29H36O5/c1-18(30)29(2)16-23(28(31)22-10-11-33-17-22)14-25(29)21-8-9-26(32-3)27(15-21)34-24-12-19-6-4-5-7-20(19)13-24/h4-9,15,18,22-25,30H,10-14,16-17H2,1-3H3/t18-,22?,23?,25+,29+/m1/s1. The van der Waals surface area contributed by atoms with Gasteiger partial charge in [-0.25, -0.2) is 0 Å². The Kier molecular flexibility index (Phi) is 6.43. The molecule has 1 saturated carbocycles. The molecule has 34 heavy (non-hydrogen) atoms. The summed E-state index contributed by atoms with van der Waals surface area (Å²) in [5.41, 5.74) is 3.41. The highest BCUT2D eigenvalue weighted by Crippen LogP contribution is 2.55. The maximum Gasteiger partial charge on any atom is 0.161 e. The van der Waals surface area contributed by atoms with E-state index in [2.05, 4.69) is 43.3 Å². The molecule has 0 radical (unpaired) electrons. The van der Waals surface area contributed by atoms with Crippen molar-refractivity contribution in [3.05, 3.63) is 59.2 Å². The number of carbonyl (C=O) groups excluding carboxylic acids is 1. The summed E-state index contributed by atoms with van der Waals surface area (Å²) in [5.74, 6) is 1.78. The topological polar surface area (TPSA) is 65.0 Å². The van der Waals surface area contributed by atoms with Crippen LogP contribution in [0.1, 0.15) is 55.7 Å². The second-order valence-corrected chi connectivity index (χ2v) is 10.7. The molecule has 2 fully saturated rings. The minimum Gasteiger partial charge on any atom is -0.493 e. The Morgan fingerprint density at radius 3 is 2.47 bits per heavy atom. The molecule has 3 aliphatic rings. The van der Waals surface area contributed by atoms with Crippen molar-refractivity contribution in [1.82, 2.24) is 0 Å². The van der Waals surface area contributed by atoms with Crippen molar-refractivity contribution in [3.8, 4) is 11.5 Å². The summed E-state index contributed by atoms with van der Waals surface area (Å²) in [5, 5.41) is 10.8. The van der Waals surface area contributed by atoms with Gasteiger partial charge in [0.2, 0.25) is 0 Å². The first-order chi connectivity index (χ1) is 16.4. The van der Waals surface area contributed by atoms with Crippen LogP contribution in [0.4, 0.5) is 0 Å². The molecular weight excluding hydrogens is 428 g/mol. The molecule has 5 atom stereocenters. The van der Waals surface area contributed by atoms with Gasteiger partial charge in [0.1, 0.15) is 11.9 Å². The average Bonchev–Trinajstić information content (AvgIpc) is 3.57. The predicted molar refractivity (Wildman–Crippen MR) is 130 cm³/mol. The fourth-order valence-electron chi connectivity index (χ4n) is 6.38. The number of aliphatic hydroxyl groups excluding tert-OH is 1. The number of benzene rings is 2. The van der Waals surface area contributed by atoms with Gasteiger partial charge in [-0.05, 0) is 60.9 Å². The van der Waals surface area contributed by atoms with Gasteiger partial charge in [-0.2, -0.15) is 0 Å². The Labute approximate surface area is 202 Å². The summed E-state index contributed by atoms with van der Waals surface area (Å²) in [6.07, 6.45) is 3.59. The maximum absolute atomic E-state index is 13.2. The van der Waals surface area contributed by atoms with Crippen LogP contribution in [-0.4, -0.2) is 43.4 Å². The van der Waals surface area contributed by atoms with Crippen LogP contribution >= 0.6 is 0 Å². The Bertz CT molecular complexity index is 1020. The molecule has 182 valence electrons. The number of Topliss-reactive ketones (excluding diaryl/α,β-unsaturated/α-hetero) is 1. The quantitative estimate of drug-likeness (QED) is 0.642. The summed E-state index contributed by atoms with van der Waals surface area (Å²) < 4.78 is 17.6. The first kappa shape index (κ1) is 23.4. The maximum atomic E-state index is 13.2. The zero-order valence-electron chi connectivity index (χ0n) is 20.5. The molecule has 0 spiro atoms. The molecule has 5 nitrogen and oxygen atoms in total. The average molecular weight is 465 g/mol. The lowest BCUT2D eigenvalue weighted by Crippen LogP contribution is -2.33. The summed E-state index contributed by atoms with van der Waals surface area (Å²) in [7, 11) is 1.67. The monoisotopic (exact) mass is 464 g/mol. The van der Waals surface area contributed by atoms with Crippen molar-refractivity contribution in [2.24, 2.45) is 17.3 Å². The van der Waals surface area contributed by atoms with Crippen LogP contribution in [0.3, 0.4) is 0 Å². The first-order valence-corrected chi connectivity index (χ1v) is 12.6. The second kappa shape index (κ2) is 9.35. The number of fused-ring (bicyclic) bond motifs is 1. The highest BCUT2D eigenvalue weighted by atomic mass is 16.5. The van der Waals surface area contributed by atoms with Crippen molar-refractivity contribution in [2.75, 3.05) is 20.3 Å². The van der Waals surface area contributed by atoms with E-state index in [1.165, 1.54) is 11.1 Å². The van der Waals surface area contributed by atoms with E-state index in [9.17, 15) is 9.90 Å². The Balaban J connectivity index is 1.40. The van der Waals surface area contributed by atoms with Gasteiger partial charge in [-0.1, -0.05) is 37.3 Å². The van der Waals surface area contributed by atoms with Crippen LogP contribution in [0.25, 0.3) is 0 Å². The minimum atomic E-state index is -0.522. The highest BCUT2D eigenvalue weighted by Gasteiger charge is 2.50. The fourth-order valence-corrected chi connectivity index (χ4v) is 6.38. The third kappa shape index (κ3) is 4.25. The molecule has 5 rings (SSSR count). The SMILES string of the molecule is COc1ccc([C@@H]2CC(C(=O)C3CCOC3)C[C@@]2(C)[C@@H](C)O)cc1OC1Cc2ccccc2C1. The molecule has 1 aliphatic heterocycles. The molecule has 1 heterocycles. The van der Waals surface area contributed by atoms with Crippen molar-refractivity contribution < 1.29 is 24.1 Å². The molecule has 5 heteroatoms. The van der Waals surface area contributed by atoms with E-state index in [0.717, 1.165) is 37.0 Å². The van der Waals surface area contributed by atoms with Crippen LogP contribution < -0.4 is 9.47 Å². The number of ketones is 1. The molecule has 0 amide bonds. The number of rotatable bonds is 7. The number of hydrogen-bond acceptors (Lipinski definition) is 5. The molecule has 1 N–H and O–H groups in total. The Hall–Kier alpha value is -2.37. The van der Waals surface area contributed by atoms with E-state index < -0.39 is 6.10 Å². The molecule has 0 bridgehead atoms. The van der Waals surface area contributed by atoms with Gasteiger partial charge >= 0.3 is 0 Å². The largest absolute Gasteiger partial charge is 0.493 e. The third-order valence-electron chi connectivity index (χ3n) is 8.59. The summed E-state index contributed by atoms with van der Waals surface area (Å²) in [6.45, 7) is 5.19. The smallest absolute Gasteiger partial charge is 0.161 e. The van der Waals surface area contributed by atoms with Gasteiger partial charge in [0.15, 0.2) is 11.5 Å². The van der Waals surface area contributed by atoms with Crippen LogP contribution in [0.15, 0.2) is 42.5 Å². The molecular formula is C29H36O5. The minimum absolute atomic E-state index is 0.000703. The molecule has 2 aliphatic carbocycles. The molecule has 2 aromatic rings. The van der Waals surface area contributed by atoms with Crippen LogP contribution in [0.5, 0.6) is 11.5 Å². The Morgan fingerprint density at radius 1 is 1.12 bits per heavy atom. The lowest BCUT2D eigenvalue weighted by molar-refractivity contribution is -0.127. The molecule has 1 saturated heterocycles. The zero-order chi connectivity index (χ0) is 23.9. The third-order valence-corrected chi connectivity index (χ3v) is 8.59. The number of methoxy groups -OCH3 is 1. The van der Waals surface area contributed by atoms with Gasteiger partial charge in [0.25, 0.3) is 0 Å². The van der Waals surface area contributed by atoms with Gasteiger partial charge in [-0.3, -0.25) is 4.79 Å². The summed E-state index contributed by atoms with van der Waals surface area (Å²) in [6, 6.07) is 14.6. The normalized spacial score (nSPS) is 29.7. The zero-order valence-corrected chi connectivity index (χ0v) is 20.5. The van der Waals surface area contributed by atoms with Crippen molar-refractivity contribution in [2.45, 2.75) is 64.1 Å². The van der Waals surface area contributed by atoms with Crippen molar-refractivity contribution in [1.29, 1.82) is 0 Å². The lowest BCUT2D eigenvalue weighted by atomic mass is 9.72. The number of carbonyl (C=O) groups is 1. The first-order valence-electron chi connectivity index (χ1n) is 12.6. The lowest BCUT2D eigenvalue weighted by Gasteiger charge is -2.35. The van der Waals surface area contributed by atoms with E-state index in [1.807, 2.05) is 13.0 Å². The van der Waals surface area contributed by atoms with E-state index >= 15 is 0 Å². The predicted octanol–water partition coefficient (Wildman–Crippen LogP) is 4.73. The van der Waals surface area contributed by atoms with E-state index in [1.54, 1.807) is 7.11 Å². The summed E-state index contributed by atoms with van der Waals surface area (Å²) in [4.78, 5) is 13.2. The second-order valence-electron chi connectivity index (χ2n) is 10.7. The van der Waals surface area contributed by atoms with Crippen LogP contribution in [0.2, 0.25) is 0 Å². The van der Waals surface area contributed by atoms with E-state index in [0.29, 0.717) is 31.2 Å². The van der Waals surface area contributed by atoms with Crippen LogP contribution in [0, 0.1) is 17.3 Å². The van der Waals surface area contributed by atoms with Gasteiger partial charge in [-0.15, -0.1) is 0 Å². The molecule has 2 aromatic carbocycles. The van der Waals surface area contributed by atoms with E-state index in [-0.39, 0.29) is 29.3 Å². The van der Waals surface area contributed by atoms with E-state index in [4.69, 9.17) is 14.2 Å². The fraction of sp³-hybridized carbons (Fsp3) is 0.552. The van der Waals surface area contributed by atoms with Crippen LogP contribution in [-0.2, 0) is 22.4 Å².